The van der Waals surface area contributed by atoms with Crippen LogP contribution in [0.2, 0.25) is 0 Å². The van der Waals surface area contributed by atoms with Crippen LogP contribution >= 0.6 is 0 Å². The Kier molecular flexibility index (Phi) is 11.3. The summed E-state index contributed by atoms with van der Waals surface area (Å²) in [6.07, 6.45) is 6.75. The second-order valence-electron chi connectivity index (χ2n) is 7.47. The quantitative estimate of drug-likeness (QED) is 0.301. The van der Waals surface area contributed by atoms with E-state index in [-0.39, 0.29) is 11.8 Å². The number of hydrogen-bond acceptors (Lipinski definition) is 3. The second-order valence-corrected chi connectivity index (χ2v) is 7.47. The maximum absolute atomic E-state index is 11.3. The highest BCUT2D eigenvalue weighted by Crippen LogP contribution is 2.15. The van der Waals surface area contributed by atoms with E-state index in [4.69, 9.17) is 5.73 Å². The molecule has 25 heavy (non-hydrogen) atoms. The molecule has 1 unspecified atom stereocenters. The molecule has 146 valence electrons. The molecule has 0 spiro atoms. The van der Waals surface area contributed by atoms with Crippen LogP contribution in [-0.2, 0) is 4.79 Å². The van der Waals surface area contributed by atoms with Gasteiger partial charge in [0.15, 0.2) is 5.96 Å². The first kappa shape index (κ1) is 21.7. The average molecular weight is 354 g/mol. The SMILES string of the molecule is CCNC(=NCCCN1CCCC(C(N)=O)C1)NCCCCC(C)C. The van der Waals surface area contributed by atoms with Gasteiger partial charge in [0.1, 0.15) is 0 Å². The molecule has 1 aliphatic rings. The first-order valence-electron chi connectivity index (χ1n) is 10.1. The Labute approximate surface area is 154 Å². The Hall–Kier alpha value is -1.30. The standard InChI is InChI=1S/C19H39N5O/c1-4-21-19(22-11-6-5-9-16(2)3)23-12-8-14-24-13-7-10-17(15-24)18(20)25/h16-17H,4-15H2,1-3H3,(H2,20,25)(H2,21,22,23). The molecule has 1 rings (SSSR count). The van der Waals surface area contributed by atoms with Gasteiger partial charge in [0.25, 0.3) is 0 Å². The number of piperidine rings is 1. The lowest BCUT2D eigenvalue weighted by molar-refractivity contribution is -0.123. The van der Waals surface area contributed by atoms with Crippen LogP contribution in [0.4, 0.5) is 0 Å². The van der Waals surface area contributed by atoms with E-state index in [9.17, 15) is 4.79 Å². The van der Waals surface area contributed by atoms with Gasteiger partial charge in [0.05, 0.1) is 5.92 Å². The topological polar surface area (TPSA) is 82.8 Å². The number of nitrogens with two attached hydrogens (primary N) is 1. The lowest BCUT2D eigenvalue weighted by Gasteiger charge is -2.30. The van der Waals surface area contributed by atoms with Crippen molar-refractivity contribution in [3.8, 4) is 0 Å². The minimum absolute atomic E-state index is 0.0297. The fourth-order valence-corrected chi connectivity index (χ4v) is 3.20. The third kappa shape index (κ3) is 10.3. The number of rotatable bonds is 11. The molecule has 0 bridgehead atoms. The van der Waals surface area contributed by atoms with E-state index < -0.39 is 0 Å². The van der Waals surface area contributed by atoms with Gasteiger partial charge in [-0.3, -0.25) is 9.79 Å². The molecule has 1 atom stereocenters. The maximum Gasteiger partial charge on any atom is 0.221 e. The summed E-state index contributed by atoms with van der Waals surface area (Å²) in [5.41, 5.74) is 5.44. The van der Waals surface area contributed by atoms with Gasteiger partial charge in [-0.05, 0) is 51.6 Å². The van der Waals surface area contributed by atoms with Crippen LogP contribution in [0.25, 0.3) is 0 Å². The number of carbonyl (C=O) groups is 1. The van der Waals surface area contributed by atoms with Gasteiger partial charge in [-0.1, -0.05) is 26.7 Å². The van der Waals surface area contributed by atoms with Crippen LogP contribution in [0.3, 0.4) is 0 Å². The number of carbonyl (C=O) groups excluding carboxylic acids is 1. The normalized spacial score (nSPS) is 19.2. The maximum atomic E-state index is 11.3. The predicted octanol–water partition coefficient (Wildman–Crippen LogP) is 1.96. The van der Waals surface area contributed by atoms with Crippen LogP contribution in [0, 0.1) is 11.8 Å². The fourth-order valence-electron chi connectivity index (χ4n) is 3.20. The molecular weight excluding hydrogens is 314 g/mol. The summed E-state index contributed by atoms with van der Waals surface area (Å²) in [6, 6.07) is 0. The van der Waals surface area contributed by atoms with Crippen LogP contribution < -0.4 is 16.4 Å². The summed E-state index contributed by atoms with van der Waals surface area (Å²) in [5.74, 6) is 1.58. The van der Waals surface area contributed by atoms with E-state index >= 15 is 0 Å². The summed E-state index contributed by atoms with van der Waals surface area (Å²) in [6.45, 7) is 12.2. The van der Waals surface area contributed by atoms with E-state index in [1.54, 1.807) is 0 Å². The van der Waals surface area contributed by atoms with Gasteiger partial charge < -0.3 is 21.3 Å². The van der Waals surface area contributed by atoms with Crippen molar-refractivity contribution in [1.82, 2.24) is 15.5 Å². The van der Waals surface area contributed by atoms with Gasteiger partial charge in [-0.25, -0.2) is 0 Å². The number of hydrogen-bond donors (Lipinski definition) is 3. The highest BCUT2D eigenvalue weighted by molar-refractivity contribution is 5.79. The van der Waals surface area contributed by atoms with Crippen molar-refractivity contribution in [2.45, 2.75) is 59.3 Å². The van der Waals surface area contributed by atoms with Crippen molar-refractivity contribution in [2.75, 3.05) is 39.3 Å². The van der Waals surface area contributed by atoms with Gasteiger partial charge >= 0.3 is 0 Å². The van der Waals surface area contributed by atoms with Crippen molar-refractivity contribution in [3.63, 3.8) is 0 Å². The Morgan fingerprint density at radius 2 is 2.08 bits per heavy atom. The predicted molar refractivity (Wildman–Crippen MR) is 106 cm³/mol. The van der Waals surface area contributed by atoms with Gasteiger partial charge in [0.2, 0.25) is 5.91 Å². The van der Waals surface area contributed by atoms with Crippen molar-refractivity contribution in [2.24, 2.45) is 22.6 Å². The summed E-state index contributed by atoms with van der Waals surface area (Å²) in [4.78, 5) is 18.3. The third-order valence-corrected chi connectivity index (χ3v) is 4.66. The van der Waals surface area contributed by atoms with E-state index in [2.05, 4.69) is 41.3 Å². The molecule has 0 aromatic carbocycles. The average Bonchev–Trinajstić information content (AvgIpc) is 2.58. The minimum atomic E-state index is -0.154. The summed E-state index contributed by atoms with van der Waals surface area (Å²) < 4.78 is 0. The molecule has 1 saturated heterocycles. The molecule has 1 aliphatic heterocycles. The van der Waals surface area contributed by atoms with Crippen LogP contribution in [0.5, 0.6) is 0 Å². The van der Waals surface area contributed by atoms with E-state index in [1.807, 2.05) is 0 Å². The zero-order chi connectivity index (χ0) is 18.5. The number of unbranched alkanes of at least 4 members (excludes halogenated alkanes) is 1. The van der Waals surface area contributed by atoms with Gasteiger partial charge in [-0.2, -0.15) is 0 Å². The van der Waals surface area contributed by atoms with Crippen LogP contribution in [0.15, 0.2) is 4.99 Å². The Morgan fingerprint density at radius 1 is 1.28 bits per heavy atom. The van der Waals surface area contributed by atoms with Crippen molar-refractivity contribution in [3.05, 3.63) is 0 Å². The fraction of sp³-hybridized carbons (Fsp3) is 0.895. The molecule has 1 amide bonds. The van der Waals surface area contributed by atoms with Crippen molar-refractivity contribution < 1.29 is 4.79 Å². The first-order valence-corrected chi connectivity index (χ1v) is 10.1. The van der Waals surface area contributed by atoms with Crippen LogP contribution in [-0.4, -0.2) is 56.0 Å². The molecule has 0 radical (unpaired) electrons. The lowest BCUT2D eigenvalue weighted by Crippen LogP contribution is -2.41. The molecule has 4 N–H and O–H groups in total. The van der Waals surface area contributed by atoms with Crippen molar-refractivity contribution in [1.29, 1.82) is 0 Å². The largest absolute Gasteiger partial charge is 0.369 e. The van der Waals surface area contributed by atoms with E-state index in [1.165, 1.54) is 19.3 Å². The smallest absolute Gasteiger partial charge is 0.221 e. The van der Waals surface area contributed by atoms with Crippen molar-refractivity contribution >= 4 is 11.9 Å². The highest BCUT2D eigenvalue weighted by Gasteiger charge is 2.23. The number of primary amides is 1. The highest BCUT2D eigenvalue weighted by atomic mass is 16.1. The van der Waals surface area contributed by atoms with E-state index in [0.717, 1.165) is 70.4 Å². The number of nitrogens with one attached hydrogen (secondary N) is 2. The number of amides is 1. The summed E-state index contributed by atoms with van der Waals surface area (Å²) in [7, 11) is 0. The Bertz CT molecular complexity index is 397. The monoisotopic (exact) mass is 353 g/mol. The summed E-state index contributed by atoms with van der Waals surface area (Å²) >= 11 is 0. The number of guanidine groups is 1. The molecule has 1 fully saturated rings. The molecule has 0 aliphatic carbocycles. The minimum Gasteiger partial charge on any atom is -0.369 e. The Balaban J connectivity index is 2.22. The second kappa shape index (κ2) is 13.0. The molecule has 1 heterocycles. The Morgan fingerprint density at radius 3 is 2.76 bits per heavy atom. The zero-order valence-electron chi connectivity index (χ0n) is 16.5. The number of aliphatic imine (C=N–C) groups is 1. The zero-order valence-corrected chi connectivity index (χ0v) is 16.5. The molecule has 0 aromatic heterocycles. The van der Waals surface area contributed by atoms with E-state index in [0.29, 0.717) is 0 Å². The molecule has 0 aromatic rings. The lowest BCUT2D eigenvalue weighted by atomic mass is 9.97. The number of nitrogens with zero attached hydrogens (tertiary/aromatic N) is 2. The molecular formula is C19H39N5O. The molecule has 6 nitrogen and oxygen atoms in total. The van der Waals surface area contributed by atoms with Gasteiger partial charge in [0, 0.05) is 26.2 Å². The molecule has 6 heteroatoms. The molecule has 0 saturated carbocycles. The first-order chi connectivity index (χ1) is 12.0. The summed E-state index contributed by atoms with van der Waals surface area (Å²) in [5, 5.41) is 6.73. The number of likely N-dealkylation sites (tertiary alicyclic amines) is 1. The van der Waals surface area contributed by atoms with Gasteiger partial charge in [-0.15, -0.1) is 0 Å². The third-order valence-electron chi connectivity index (χ3n) is 4.66. The van der Waals surface area contributed by atoms with Crippen LogP contribution in [0.1, 0.15) is 59.3 Å².